The first-order valence-corrected chi connectivity index (χ1v) is 7.75. The summed E-state index contributed by atoms with van der Waals surface area (Å²) in [5, 5.41) is 10.6. The second-order valence-electron chi connectivity index (χ2n) is 5.18. The Bertz CT molecular complexity index is 790. The van der Waals surface area contributed by atoms with Crippen LogP contribution in [0.1, 0.15) is 26.7 Å². The minimum Gasteiger partial charge on any atom is -0.422 e. The van der Waals surface area contributed by atoms with Gasteiger partial charge in [0.05, 0.1) is 5.69 Å². The Balaban J connectivity index is 2.35. The van der Waals surface area contributed by atoms with Gasteiger partial charge in [0.2, 0.25) is 5.91 Å². The van der Waals surface area contributed by atoms with Crippen LogP contribution >= 0.6 is 0 Å². The Hall–Kier alpha value is -3.29. The topological polar surface area (TPSA) is 119 Å². The molecule has 2 rings (SSSR count). The van der Waals surface area contributed by atoms with Gasteiger partial charge >= 0.3 is 5.97 Å². The second kappa shape index (κ2) is 8.53. The van der Waals surface area contributed by atoms with Crippen LogP contribution in [0.5, 0.6) is 5.75 Å². The first-order valence-electron chi connectivity index (χ1n) is 7.75. The molecule has 25 heavy (non-hydrogen) atoms. The number of aromatic nitrogens is 1. The molecule has 130 valence electrons. The van der Waals surface area contributed by atoms with Crippen LogP contribution in [0.25, 0.3) is 0 Å². The third kappa shape index (κ3) is 5.38. The van der Waals surface area contributed by atoms with Gasteiger partial charge in [-0.3, -0.25) is 9.59 Å². The van der Waals surface area contributed by atoms with E-state index in [1.165, 1.54) is 13.0 Å². The molecule has 1 aromatic carbocycles. The zero-order chi connectivity index (χ0) is 18.2. The lowest BCUT2D eigenvalue weighted by molar-refractivity contribution is -0.134. The molecule has 0 aliphatic heterocycles. The van der Waals surface area contributed by atoms with Crippen LogP contribution < -0.4 is 15.8 Å². The number of benzene rings is 1. The molecule has 8 nitrogen and oxygen atoms in total. The van der Waals surface area contributed by atoms with Crippen molar-refractivity contribution in [2.24, 2.45) is 10.2 Å². The Morgan fingerprint density at radius 1 is 1.24 bits per heavy atom. The molecule has 0 atom stereocenters. The summed E-state index contributed by atoms with van der Waals surface area (Å²) in [5.74, 6) is -0.610. The minimum absolute atomic E-state index is 0.0544. The fourth-order valence-corrected chi connectivity index (χ4v) is 1.90. The van der Waals surface area contributed by atoms with Crippen LogP contribution in [0, 0.1) is 0 Å². The summed E-state index contributed by atoms with van der Waals surface area (Å²) >= 11 is 0. The first kappa shape index (κ1) is 18.1. The van der Waals surface area contributed by atoms with Crippen LogP contribution in [0.2, 0.25) is 0 Å². The molecule has 0 bridgehead atoms. The summed E-state index contributed by atoms with van der Waals surface area (Å²) in [4.78, 5) is 27.1. The fourth-order valence-electron chi connectivity index (χ4n) is 1.90. The number of nitrogens with one attached hydrogen (secondary N) is 1. The molecular weight excluding hydrogens is 322 g/mol. The maximum absolute atomic E-state index is 11.8. The van der Waals surface area contributed by atoms with Crippen molar-refractivity contribution in [3.8, 4) is 5.75 Å². The monoisotopic (exact) mass is 341 g/mol. The Labute approximate surface area is 145 Å². The third-order valence-electron chi connectivity index (χ3n) is 3.00. The molecule has 0 fully saturated rings. The fraction of sp³-hybridized carbons (Fsp3) is 0.235. The summed E-state index contributed by atoms with van der Waals surface area (Å²) in [6.07, 6.45) is 0.877. The van der Waals surface area contributed by atoms with Gasteiger partial charge in [-0.15, -0.1) is 5.11 Å². The predicted octanol–water partition coefficient (Wildman–Crippen LogP) is 3.74. The number of azo groups is 1. The predicted molar refractivity (Wildman–Crippen MR) is 94.1 cm³/mol. The van der Waals surface area contributed by atoms with Crippen molar-refractivity contribution in [3.05, 3.63) is 36.4 Å². The number of hydrogen-bond donors (Lipinski definition) is 2. The van der Waals surface area contributed by atoms with Gasteiger partial charge in [-0.05, 0) is 18.6 Å². The van der Waals surface area contributed by atoms with Crippen molar-refractivity contribution in [1.29, 1.82) is 0 Å². The number of nitrogen functional groups attached to an aromatic ring is 1. The zero-order valence-corrected chi connectivity index (χ0v) is 14.0. The van der Waals surface area contributed by atoms with Crippen LogP contribution in [-0.4, -0.2) is 16.9 Å². The molecule has 3 N–H and O–H groups in total. The summed E-state index contributed by atoms with van der Waals surface area (Å²) in [5.41, 5.74) is 6.73. The molecule has 1 aromatic heterocycles. The summed E-state index contributed by atoms with van der Waals surface area (Å²) in [6, 6.07) is 10.5. The number of nitrogens with two attached hydrogens (primary N) is 1. The lowest BCUT2D eigenvalue weighted by Gasteiger charge is -2.11. The molecule has 0 unspecified atom stereocenters. The van der Waals surface area contributed by atoms with Crippen molar-refractivity contribution in [3.63, 3.8) is 0 Å². The quantitative estimate of drug-likeness (QED) is 0.612. The highest BCUT2D eigenvalue weighted by molar-refractivity contribution is 5.90. The van der Waals surface area contributed by atoms with E-state index < -0.39 is 5.97 Å². The van der Waals surface area contributed by atoms with Crippen LogP contribution in [0.4, 0.5) is 23.0 Å². The van der Waals surface area contributed by atoms with Gasteiger partial charge < -0.3 is 15.8 Å². The molecule has 0 aliphatic rings. The van der Waals surface area contributed by atoms with Crippen LogP contribution in [-0.2, 0) is 9.59 Å². The number of ether oxygens (including phenoxy) is 1. The van der Waals surface area contributed by atoms with Crippen LogP contribution in [0.3, 0.4) is 0 Å². The summed E-state index contributed by atoms with van der Waals surface area (Å²) in [7, 11) is 0. The highest BCUT2D eigenvalue weighted by atomic mass is 16.5. The van der Waals surface area contributed by atoms with Crippen molar-refractivity contribution in [2.75, 3.05) is 11.1 Å². The minimum atomic E-state index is -0.438. The normalized spacial score (nSPS) is 10.6. The van der Waals surface area contributed by atoms with Crippen molar-refractivity contribution in [1.82, 2.24) is 4.98 Å². The van der Waals surface area contributed by atoms with E-state index in [0.29, 0.717) is 12.1 Å². The van der Waals surface area contributed by atoms with E-state index in [9.17, 15) is 9.59 Å². The molecule has 0 saturated carbocycles. The van der Waals surface area contributed by atoms with Gasteiger partial charge in [-0.2, -0.15) is 5.11 Å². The molecule has 0 saturated heterocycles. The number of carbonyl (C=O) groups excluding carboxylic acids is 2. The van der Waals surface area contributed by atoms with E-state index in [0.717, 1.165) is 0 Å². The van der Waals surface area contributed by atoms with Crippen molar-refractivity contribution in [2.45, 2.75) is 26.7 Å². The molecule has 0 aliphatic carbocycles. The number of hydrogen-bond acceptors (Lipinski definition) is 7. The van der Waals surface area contributed by atoms with E-state index in [-0.39, 0.29) is 35.4 Å². The molecule has 8 heteroatoms. The number of esters is 1. The molecule has 0 spiro atoms. The van der Waals surface area contributed by atoms with E-state index in [2.05, 4.69) is 20.5 Å². The van der Waals surface area contributed by atoms with Gasteiger partial charge in [-0.25, -0.2) is 4.98 Å². The van der Waals surface area contributed by atoms with Crippen LogP contribution in [0.15, 0.2) is 46.6 Å². The van der Waals surface area contributed by atoms with Gasteiger partial charge in [0.25, 0.3) is 0 Å². The molecule has 0 radical (unpaired) electrons. The third-order valence-corrected chi connectivity index (χ3v) is 3.00. The number of carbonyl (C=O) groups is 2. The van der Waals surface area contributed by atoms with E-state index >= 15 is 0 Å². The van der Waals surface area contributed by atoms with Crippen molar-refractivity contribution >= 4 is 34.9 Å². The lowest BCUT2D eigenvalue weighted by Crippen LogP contribution is -2.13. The molecule has 2 aromatic rings. The highest BCUT2D eigenvalue weighted by Gasteiger charge is 2.15. The highest BCUT2D eigenvalue weighted by Crippen LogP contribution is 2.33. The number of nitrogens with zero attached hydrogens (tertiary/aromatic N) is 3. The van der Waals surface area contributed by atoms with E-state index in [4.69, 9.17) is 10.5 Å². The number of pyridine rings is 1. The Morgan fingerprint density at radius 2 is 1.96 bits per heavy atom. The largest absolute Gasteiger partial charge is 0.422 e. The van der Waals surface area contributed by atoms with Gasteiger partial charge in [0, 0.05) is 19.4 Å². The summed E-state index contributed by atoms with van der Waals surface area (Å²) in [6.45, 7) is 3.18. The SMILES string of the molecule is CCCC(=O)Oc1cc(N=Nc2ccccc2)c(N)nc1NC(C)=O. The second-order valence-corrected chi connectivity index (χ2v) is 5.18. The van der Waals surface area contributed by atoms with Crippen molar-refractivity contribution < 1.29 is 14.3 Å². The molecule has 1 heterocycles. The molecular formula is C17H19N5O3. The maximum atomic E-state index is 11.8. The average Bonchev–Trinajstić information content (AvgIpc) is 2.56. The number of rotatable bonds is 6. The maximum Gasteiger partial charge on any atom is 0.311 e. The van der Waals surface area contributed by atoms with Gasteiger partial charge in [0.15, 0.2) is 17.4 Å². The van der Waals surface area contributed by atoms with Gasteiger partial charge in [0.1, 0.15) is 5.69 Å². The van der Waals surface area contributed by atoms with Gasteiger partial charge in [-0.1, -0.05) is 25.1 Å². The zero-order valence-electron chi connectivity index (χ0n) is 14.0. The number of amides is 1. The number of anilines is 2. The van der Waals surface area contributed by atoms with E-state index in [1.807, 2.05) is 25.1 Å². The summed E-state index contributed by atoms with van der Waals surface area (Å²) < 4.78 is 5.26. The van der Waals surface area contributed by atoms with E-state index in [1.54, 1.807) is 12.1 Å². The first-order chi connectivity index (χ1) is 12.0. The lowest BCUT2D eigenvalue weighted by atomic mass is 10.3. The Kier molecular flexibility index (Phi) is 6.16. The smallest absolute Gasteiger partial charge is 0.311 e. The Morgan fingerprint density at radius 3 is 2.60 bits per heavy atom. The standard InChI is InChI=1S/C17H19N5O3/c1-3-7-15(24)25-14-10-13(16(18)20-17(14)19-11(2)23)22-21-12-8-5-4-6-9-12/h4-6,8-10H,3,7H2,1-2H3,(H3,18,19,20,23). The average molecular weight is 341 g/mol. The molecule has 1 amide bonds.